The van der Waals surface area contributed by atoms with Crippen LogP contribution in [0, 0.1) is 33.6 Å². The van der Waals surface area contributed by atoms with Gasteiger partial charge in [0.15, 0.2) is 0 Å². The molecule has 328 valence electrons. The minimum absolute atomic E-state index is 0. The fourth-order valence-electron chi connectivity index (χ4n) is 8.36. The van der Waals surface area contributed by atoms with Gasteiger partial charge in [-0.3, -0.25) is 9.55 Å². The first-order chi connectivity index (χ1) is 34.6. The Morgan fingerprint density at radius 1 is 0.585 bits per heavy atom. The summed E-state index contributed by atoms with van der Waals surface area (Å²) in [5.41, 5.74) is 10.2. The molecule has 65 heavy (non-hydrogen) atoms. The number of imidazole rings is 1. The van der Waals surface area contributed by atoms with Crippen LogP contribution < -0.4 is 0 Å². The number of aromatic hydroxyl groups is 1. The van der Waals surface area contributed by atoms with E-state index in [4.69, 9.17) is 23.7 Å². The van der Waals surface area contributed by atoms with Crippen molar-refractivity contribution in [3.05, 3.63) is 191 Å². The number of phenols is 1. The molecule has 9 rings (SSSR count). The van der Waals surface area contributed by atoms with Crippen molar-refractivity contribution < 1.29 is 39.9 Å². The van der Waals surface area contributed by atoms with E-state index in [1.165, 1.54) is 6.20 Å². The van der Waals surface area contributed by atoms with Crippen molar-refractivity contribution >= 4 is 11.0 Å². The summed E-state index contributed by atoms with van der Waals surface area (Å²) in [6.07, 6.45) is 1.52. The number of benzene rings is 7. The molecule has 9 aromatic rings. The van der Waals surface area contributed by atoms with Crippen LogP contribution in [0.5, 0.6) is 5.75 Å². The number of nitrogens with zero attached hydrogens (tertiary/aromatic N) is 3. The van der Waals surface area contributed by atoms with Crippen molar-refractivity contribution in [2.24, 2.45) is 0 Å². The molecule has 0 spiro atoms. The van der Waals surface area contributed by atoms with E-state index in [2.05, 4.69) is 77.9 Å². The quantitative estimate of drug-likeness (QED) is 0.162. The van der Waals surface area contributed by atoms with Crippen molar-refractivity contribution in [2.45, 2.75) is 79.9 Å². The van der Waals surface area contributed by atoms with Gasteiger partial charge >= 0.3 is 0 Å². The van der Waals surface area contributed by atoms with E-state index in [0.29, 0.717) is 67.2 Å². The summed E-state index contributed by atoms with van der Waals surface area (Å²) < 4.78 is 87.5. The van der Waals surface area contributed by atoms with Crippen LogP contribution in [0.15, 0.2) is 152 Å². The smallest absolute Gasteiger partial charge is 0.148 e. The fraction of sp³-hybridized carbons (Fsp3) is 0.200. The zero-order chi connectivity index (χ0) is 53.6. The first-order valence-corrected chi connectivity index (χ1v) is 21.5. The number of aromatic nitrogens is 3. The van der Waals surface area contributed by atoms with Crippen molar-refractivity contribution in [1.82, 2.24) is 14.5 Å². The number of fused-ring (bicyclic) bond motifs is 1. The molecule has 1 N–H and O–H groups in total. The Bertz CT molecular complexity index is 3650. The van der Waals surface area contributed by atoms with E-state index in [1.807, 2.05) is 91.2 Å². The number of hydrogen-bond donors (Lipinski definition) is 1. The average Bonchev–Trinajstić information content (AvgIpc) is 3.73. The van der Waals surface area contributed by atoms with Crippen LogP contribution in [-0.4, -0.2) is 19.6 Å². The zero-order valence-corrected chi connectivity index (χ0v) is 40.0. The van der Waals surface area contributed by atoms with E-state index >= 15 is 0 Å². The van der Waals surface area contributed by atoms with Crippen LogP contribution in [0.2, 0.25) is 0 Å². The second-order valence-corrected chi connectivity index (χ2v) is 18.7. The predicted molar refractivity (Wildman–Crippen MR) is 268 cm³/mol. The molecule has 0 saturated carbocycles. The van der Waals surface area contributed by atoms with Gasteiger partial charge in [-0.2, -0.15) is 0 Å². The van der Waals surface area contributed by atoms with E-state index in [1.54, 1.807) is 18.2 Å². The molecular formula is C60H56N3OPt-. The number of para-hydroxylation sites is 1. The van der Waals surface area contributed by atoms with Gasteiger partial charge in [-0.25, -0.2) is 4.98 Å². The fourth-order valence-corrected chi connectivity index (χ4v) is 8.36. The summed E-state index contributed by atoms with van der Waals surface area (Å²) in [4.78, 5) is 10.2. The molecule has 2 aromatic heterocycles. The Hall–Kier alpha value is -6.35. The van der Waals surface area contributed by atoms with Gasteiger partial charge in [-0.15, -0.1) is 29.3 Å². The van der Waals surface area contributed by atoms with Gasteiger partial charge in [0.05, 0.1) is 27.8 Å². The summed E-state index contributed by atoms with van der Waals surface area (Å²) in [6.45, 7) is 11.1. The topological polar surface area (TPSA) is 50.9 Å². The number of phenolic OH excluding ortho intramolecular Hbond substituents is 1. The molecule has 0 fully saturated rings. The van der Waals surface area contributed by atoms with Crippen LogP contribution in [0.1, 0.15) is 88.6 Å². The number of rotatable bonds is 7. The van der Waals surface area contributed by atoms with Crippen LogP contribution in [0.4, 0.5) is 0 Å². The standard InChI is InChI=1S/C60H56N3O.Pt/c1-37-19-21-41(22-20-37)44-27-28-61-53(35-44)46-32-45(33-48(34-46)60(8,9)10)49-17-14-18-54-56(49)62-58(52-30-38(2)29-40(4)57(52)64)63(54)55-31-39(3)50(42-15-12-11-13-16-42)36-51(55)43-23-25-47(26-24-43)59(5,6)7;/h11-31,33-36,64H,1-10H3;/q-1;/i1D3,3D3,19D,20D,21D,22D;. The summed E-state index contributed by atoms with van der Waals surface area (Å²) in [5, 5.41) is 12.0. The van der Waals surface area contributed by atoms with Crippen molar-refractivity contribution in [3.8, 4) is 78.6 Å². The maximum atomic E-state index is 12.0. The molecule has 0 unspecified atom stereocenters. The zero-order valence-electron chi connectivity index (χ0n) is 47.7. The molecule has 0 saturated heterocycles. The van der Waals surface area contributed by atoms with E-state index in [0.717, 1.165) is 33.4 Å². The number of pyridine rings is 1. The Kier molecular flexibility index (Phi) is 9.20. The van der Waals surface area contributed by atoms with Gasteiger partial charge in [-0.05, 0) is 119 Å². The third kappa shape index (κ3) is 8.90. The van der Waals surface area contributed by atoms with E-state index in [-0.39, 0.29) is 43.4 Å². The summed E-state index contributed by atoms with van der Waals surface area (Å²) >= 11 is 0. The van der Waals surface area contributed by atoms with Gasteiger partial charge in [0, 0.05) is 46.7 Å². The Balaban J connectivity index is 0.00000747. The molecule has 0 amide bonds. The molecule has 0 radical (unpaired) electrons. The summed E-state index contributed by atoms with van der Waals surface area (Å²) in [6, 6.07) is 39.8. The Labute approximate surface area is 413 Å². The van der Waals surface area contributed by atoms with Gasteiger partial charge in [0.2, 0.25) is 0 Å². The number of hydrogen-bond acceptors (Lipinski definition) is 3. The SMILES string of the molecule is [2H]c1c([2H])c(C([2H])([2H])[2H])c([2H])c([2H])c1-c1ccnc(-c2[c-]c(-c3cccc4c3nc(-c3cc(C)cc(C)c3O)n4-c3cc(C([2H])([2H])[2H])c(-c4ccccc4)cc3-c3ccc(C(C)(C)C)cc3)cc(C(C)(C)C)c2)c1.[Pt]. The molecule has 0 aliphatic heterocycles. The van der Waals surface area contributed by atoms with Crippen LogP contribution >= 0.6 is 0 Å². The maximum Gasteiger partial charge on any atom is 0.148 e. The van der Waals surface area contributed by atoms with Crippen LogP contribution in [-0.2, 0) is 31.9 Å². The molecule has 5 heteroatoms. The molecule has 2 heterocycles. The van der Waals surface area contributed by atoms with E-state index in [9.17, 15) is 5.11 Å². The van der Waals surface area contributed by atoms with Crippen LogP contribution in [0.3, 0.4) is 0 Å². The van der Waals surface area contributed by atoms with Gasteiger partial charge < -0.3 is 5.11 Å². The normalized spacial score (nSPS) is 14.4. The van der Waals surface area contributed by atoms with E-state index < -0.39 is 48.9 Å². The first kappa shape index (κ1) is 34.1. The molecule has 7 aromatic carbocycles. The predicted octanol–water partition coefficient (Wildman–Crippen LogP) is 15.8. The molecule has 4 nitrogen and oxygen atoms in total. The van der Waals surface area contributed by atoms with Gasteiger partial charge in [0.1, 0.15) is 11.6 Å². The van der Waals surface area contributed by atoms with Gasteiger partial charge in [-0.1, -0.05) is 161 Å². The molecule has 0 aliphatic carbocycles. The van der Waals surface area contributed by atoms with Crippen molar-refractivity contribution in [3.63, 3.8) is 0 Å². The third-order valence-corrected chi connectivity index (χ3v) is 11.9. The minimum Gasteiger partial charge on any atom is -0.507 e. The largest absolute Gasteiger partial charge is 0.507 e. The summed E-state index contributed by atoms with van der Waals surface area (Å²) in [7, 11) is 0. The summed E-state index contributed by atoms with van der Waals surface area (Å²) in [5.74, 6) is 0.422. The minimum atomic E-state index is -2.85. The van der Waals surface area contributed by atoms with Crippen molar-refractivity contribution in [1.29, 1.82) is 0 Å². The van der Waals surface area contributed by atoms with Crippen molar-refractivity contribution in [2.75, 3.05) is 0 Å². The second kappa shape index (κ2) is 17.6. The van der Waals surface area contributed by atoms with Crippen LogP contribution in [0.25, 0.3) is 83.9 Å². The Morgan fingerprint density at radius 2 is 1.29 bits per heavy atom. The number of aryl methyl sites for hydroxylation is 3. The monoisotopic (exact) mass is 1040 g/mol. The maximum absolute atomic E-state index is 12.0. The molecule has 0 atom stereocenters. The first-order valence-electron chi connectivity index (χ1n) is 26.5. The third-order valence-electron chi connectivity index (χ3n) is 11.9. The molecular weight excluding hydrogens is 974 g/mol. The Morgan fingerprint density at radius 3 is 1.98 bits per heavy atom. The second-order valence-electron chi connectivity index (χ2n) is 18.7. The van der Waals surface area contributed by atoms with Gasteiger partial charge in [0.25, 0.3) is 0 Å². The molecule has 0 aliphatic rings. The average molecular weight is 1040 g/mol. The molecule has 0 bridgehead atoms.